The molecule has 1 aromatic carbocycles. The average Bonchev–Trinajstić information content (AvgIpc) is 3.17. The summed E-state index contributed by atoms with van der Waals surface area (Å²) in [5, 5.41) is 13.0. The third kappa shape index (κ3) is 5.08. The number of nitrogens with one attached hydrogen (secondary N) is 1. The summed E-state index contributed by atoms with van der Waals surface area (Å²) in [5.41, 5.74) is 1.01. The summed E-state index contributed by atoms with van der Waals surface area (Å²) in [5.74, 6) is -0.793. The molecule has 1 fully saturated rings. The lowest BCUT2D eigenvalue weighted by Gasteiger charge is -2.26. The Morgan fingerprint density at radius 3 is 2.57 bits per heavy atom. The highest BCUT2D eigenvalue weighted by molar-refractivity contribution is 7.15. The second-order valence-electron chi connectivity index (χ2n) is 7.41. The van der Waals surface area contributed by atoms with Crippen molar-refractivity contribution in [2.24, 2.45) is 5.41 Å². The molecule has 2 heterocycles. The van der Waals surface area contributed by atoms with Crippen LogP contribution in [0.2, 0.25) is 0 Å². The second-order valence-corrected chi connectivity index (χ2v) is 8.53. The molecule has 0 aliphatic carbocycles. The number of carboxylic acid groups (broad SMARTS) is 1. The third-order valence-corrected chi connectivity index (χ3v) is 5.92. The minimum atomic E-state index is -0.793. The van der Waals surface area contributed by atoms with Crippen molar-refractivity contribution in [1.82, 2.24) is 9.88 Å². The zero-order chi connectivity index (χ0) is 20.1. The Morgan fingerprint density at radius 1 is 1.25 bits per heavy atom. The first-order chi connectivity index (χ1) is 13.3. The van der Waals surface area contributed by atoms with Crippen LogP contribution in [0.15, 0.2) is 30.5 Å². The van der Waals surface area contributed by atoms with Gasteiger partial charge < -0.3 is 20.1 Å². The van der Waals surface area contributed by atoms with Gasteiger partial charge in [-0.25, -0.2) is 9.78 Å². The fourth-order valence-electron chi connectivity index (χ4n) is 2.77. The minimum absolute atomic E-state index is 0.114. The normalized spacial score (nSPS) is 14.7. The molecule has 2 aromatic rings. The van der Waals surface area contributed by atoms with Crippen molar-refractivity contribution in [2.45, 2.75) is 26.7 Å². The lowest BCUT2D eigenvalue weighted by Crippen LogP contribution is -2.43. The molecule has 1 saturated heterocycles. The second kappa shape index (κ2) is 8.70. The molecule has 28 heavy (non-hydrogen) atoms. The zero-order valence-corrected chi connectivity index (χ0v) is 16.9. The van der Waals surface area contributed by atoms with Crippen LogP contribution in [0.5, 0.6) is 0 Å². The van der Waals surface area contributed by atoms with Crippen LogP contribution in [0.1, 0.15) is 25.3 Å². The molecule has 2 amide bonds. The summed E-state index contributed by atoms with van der Waals surface area (Å²) in [4.78, 5) is 30.6. The van der Waals surface area contributed by atoms with Crippen molar-refractivity contribution in [1.29, 1.82) is 0 Å². The van der Waals surface area contributed by atoms with E-state index >= 15 is 0 Å². The Morgan fingerprint density at radius 2 is 1.93 bits per heavy atom. The molecule has 0 spiro atoms. The van der Waals surface area contributed by atoms with Gasteiger partial charge in [0.25, 0.3) is 0 Å². The number of amides is 2. The number of aromatic nitrogens is 1. The fourth-order valence-corrected chi connectivity index (χ4v) is 3.70. The van der Waals surface area contributed by atoms with E-state index in [0.717, 1.165) is 21.1 Å². The van der Waals surface area contributed by atoms with Crippen LogP contribution in [-0.4, -0.2) is 53.3 Å². The van der Waals surface area contributed by atoms with Gasteiger partial charge in [0.2, 0.25) is 0 Å². The number of rotatable bonds is 6. The number of morpholine rings is 1. The first kappa shape index (κ1) is 20.3. The minimum Gasteiger partial charge on any atom is -0.481 e. The quantitative estimate of drug-likeness (QED) is 0.767. The van der Waals surface area contributed by atoms with Gasteiger partial charge in [-0.3, -0.25) is 4.79 Å². The molecule has 0 atom stereocenters. The Kier molecular flexibility index (Phi) is 6.31. The Balaban J connectivity index is 1.58. The van der Waals surface area contributed by atoms with E-state index in [2.05, 4.69) is 10.3 Å². The summed E-state index contributed by atoms with van der Waals surface area (Å²) < 4.78 is 5.26. The monoisotopic (exact) mass is 403 g/mol. The zero-order valence-electron chi connectivity index (χ0n) is 16.1. The van der Waals surface area contributed by atoms with Crippen LogP contribution in [0, 0.1) is 5.41 Å². The number of aryl methyl sites for hydroxylation is 1. The molecule has 0 bridgehead atoms. The number of benzene rings is 1. The summed E-state index contributed by atoms with van der Waals surface area (Å²) in [6.45, 7) is 5.81. The number of ether oxygens (including phenoxy) is 1. The maximum absolute atomic E-state index is 12.2. The van der Waals surface area contributed by atoms with Gasteiger partial charge in [-0.05, 0) is 38.0 Å². The van der Waals surface area contributed by atoms with Gasteiger partial charge in [-0.1, -0.05) is 12.1 Å². The lowest BCUT2D eigenvalue weighted by atomic mass is 9.88. The van der Waals surface area contributed by atoms with Crippen molar-refractivity contribution < 1.29 is 19.4 Å². The Hall–Kier alpha value is -2.45. The number of thiazole rings is 1. The number of nitrogens with zero attached hydrogens (tertiary/aromatic N) is 2. The predicted molar refractivity (Wildman–Crippen MR) is 109 cm³/mol. The van der Waals surface area contributed by atoms with Gasteiger partial charge in [0.05, 0.1) is 28.5 Å². The van der Waals surface area contributed by atoms with Gasteiger partial charge in [0, 0.05) is 31.4 Å². The van der Waals surface area contributed by atoms with E-state index in [1.807, 2.05) is 30.5 Å². The van der Waals surface area contributed by atoms with E-state index in [0.29, 0.717) is 39.1 Å². The van der Waals surface area contributed by atoms with E-state index in [1.54, 1.807) is 30.1 Å². The number of carbonyl (C=O) groups is 2. The molecule has 1 aliphatic rings. The van der Waals surface area contributed by atoms with Crippen molar-refractivity contribution in [3.8, 4) is 10.4 Å². The molecule has 150 valence electrons. The van der Waals surface area contributed by atoms with E-state index in [1.165, 1.54) is 0 Å². The van der Waals surface area contributed by atoms with Crippen LogP contribution in [-0.2, 0) is 16.0 Å². The first-order valence-corrected chi connectivity index (χ1v) is 10.1. The van der Waals surface area contributed by atoms with Crippen molar-refractivity contribution in [3.63, 3.8) is 0 Å². The number of anilines is 1. The van der Waals surface area contributed by atoms with Crippen LogP contribution >= 0.6 is 11.3 Å². The highest BCUT2D eigenvalue weighted by Gasteiger charge is 2.27. The highest BCUT2D eigenvalue weighted by Crippen LogP contribution is 2.30. The van der Waals surface area contributed by atoms with Crippen molar-refractivity contribution in [2.75, 3.05) is 31.6 Å². The molecule has 7 nitrogen and oxygen atoms in total. The topological polar surface area (TPSA) is 91.8 Å². The van der Waals surface area contributed by atoms with Crippen LogP contribution in [0.4, 0.5) is 10.5 Å². The van der Waals surface area contributed by atoms with Crippen molar-refractivity contribution >= 4 is 29.0 Å². The van der Waals surface area contributed by atoms with E-state index < -0.39 is 11.4 Å². The first-order valence-electron chi connectivity index (χ1n) is 9.27. The maximum Gasteiger partial charge on any atom is 0.321 e. The molecular weight excluding hydrogens is 378 g/mol. The van der Waals surface area contributed by atoms with E-state index in [4.69, 9.17) is 4.74 Å². The summed E-state index contributed by atoms with van der Waals surface area (Å²) in [7, 11) is 0. The SMILES string of the molecule is CC(C)(CCc1ncc(-c2ccc(NC(=O)N3CCOCC3)cc2)s1)C(=O)O. The van der Waals surface area contributed by atoms with E-state index in [-0.39, 0.29) is 6.03 Å². The summed E-state index contributed by atoms with van der Waals surface area (Å²) in [6.07, 6.45) is 2.99. The Labute approximate surface area is 168 Å². The number of aliphatic carboxylic acids is 1. The lowest BCUT2D eigenvalue weighted by molar-refractivity contribution is -0.147. The van der Waals surface area contributed by atoms with Crippen LogP contribution < -0.4 is 5.32 Å². The van der Waals surface area contributed by atoms with E-state index in [9.17, 15) is 14.7 Å². The van der Waals surface area contributed by atoms with Gasteiger partial charge in [0.1, 0.15) is 0 Å². The third-order valence-electron chi connectivity index (χ3n) is 4.82. The number of urea groups is 1. The smallest absolute Gasteiger partial charge is 0.321 e. The summed E-state index contributed by atoms with van der Waals surface area (Å²) in [6, 6.07) is 7.54. The van der Waals surface area contributed by atoms with Gasteiger partial charge in [0.15, 0.2) is 0 Å². The molecule has 8 heteroatoms. The average molecular weight is 404 g/mol. The molecule has 0 saturated carbocycles. The molecule has 0 radical (unpaired) electrons. The fraction of sp³-hybridized carbons (Fsp3) is 0.450. The molecule has 1 aliphatic heterocycles. The van der Waals surface area contributed by atoms with Gasteiger partial charge >= 0.3 is 12.0 Å². The molecule has 0 unspecified atom stereocenters. The predicted octanol–water partition coefficient (Wildman–Crippen LogP) is 3.72. The van der Waals surface area contributed by atoms with Gasteiger partial charge in [-0.15, -0.1) is 11.3 Å². The van der Waals surface area contributed by atoms with Gasteiger partial charge in [-0.2, -0.15) is 0 Å². The molecule has 3 rings (SSSR count). The number of hydrogen-bond acceptors (Lipinski definition) is 5. The molecule has 1 aromatic heterocycles. The van der Waals surface area contributed by atoms with Crippen LogP contribution in [0.3, 0.4) is 0 Å². The maximum atomic E-state index is 12.2. The highest BCUT2D eigenvalue weighted by atomic mass is 32.1. The largest absolute Gasteiger partial charge is 0.481 e. The number of hydrogen-bond donors (Lipinski definition) is 2. The molecular formula is C20H25N3O4S. The molecule has 2 N–H and O–H groups in total. The van der Waals surface area contributed by atoms with Crippen molar-refractivity contribution in [3.05, 3.63) is 35.5 Å². The number of carbonyl (C=O) groups excluding carboxylic acids is 1. The number of carboxylic acids is 1. The standard InChI is InChI=1S/C20H25N3O4S/c1-20(2,18(24)25)8-7-17-21-13-16(28-17)14-3-5-15(6-4-14)22-19(26)23-9-11-27-12-10-23/h3-6,13H,7-12H2,1-2H3,(H,22,26)(H,24,25). The Bertz CT molecular complexity index is 826. The summed E-state index contributed by atoms with van der Waals surface area (Å²) >= 11 is 1.57. The van der Waals surface area contributed by atoms with Crippen LogP contribution in [0.25, 0.3) is 10.4 Å².